The zero-order chi connectivity index (χ0) is 13.4. The highest BCUT2D eigenvalue weighted by Crippen LogP contribution is 2.25. The zero-order valence-electron chi connectivity index (χ0n) is 11.6. The third kappa shape index (κ3) is 4.67. The molecule has 0 aliphatic heterocycles. The van der Waals surface area contributed by atoms with Crippen LogP contribution < -0.4 is 10.1 Å². The fourth-order valence-corrected chi connectivity index (χ4v) is 1.73. The summed E-state index contributed by atoms with van der Waals surface area (Å²) in [7, 11) is 0. The van der Waals surface area contributed by atoms with Crippen molar-refractivity contribution in [2.75, 3.05) is 19.8 Å². The molecule has 0 fully saturated rings. The molecule has 1 rings (SSSR count). The van der Waals surface area contributed by atoms with Gasteiger partial charge in [0.1, 0.15) is 5.75 Å². The maximum Gasteiger partial charge on any atom is 0.124 e. The molecule has 1 aromatic rings. The van der Waals surface area contributed by atoms with E-state index >= 15 is 0 Å². The fraction of sp³-hybridized carbons (Fsp3) is 0.600. The maximum absolute atomic E-state index is 9.02. The number of benzene rings is 1. The molecule has 2 unspecified atom stereocenters. The van der Waals surface area contributed by atoms with Gasteiger partial charge >= 0.3 is 0 Å². The molecule has 1 aromatic carbocycles. The topological polar surface area (TPSA) is 41.5 Å². The highest BCUT2D eigenvalue weighted by molar-refractivity contribution is 5.35. The summed E-state index contributed by atoms with van der Waals surface area (Å²) in [6, 6.07) is 8.37. The lowest BCUT2D eigenvalue weighted by Gasteiger charge is -2.19. The van der Waals surface area contributed by atoms with Gasteiger partial charge in [0.2, 0.25) is 0 Å². The van der Waals surface area contributed by atoms with Crippen LogP contribution in [0.15, 0.2) is 24.3 Å². The summed E-state index contributed by atoms with van der Waals surface area (Å²) in [5.41, 5.74) is 1.18. The number of para-hydroxylation sites is 1. The van der Waals surface area contributed by atoms with E-state index in [1.54, 1.807) is 0 Å². The molecule has 0 aromatic heterocycles. The van der Waals surface area contributed by atoms with E-state index in [-0.39, 0.29) is 18.6 Å². The van der Waals surface area contributed by atoms with Crippen molar-refractivity contribution in [2.45, 2.75) is 33.2 Å². The van der Waals surface area contributed by atoms with E-state index in [1.165, 1.54) is 5.56 Å². The molecule has 0 amide bonds. The van der Waals surface area contributed by atoms with E-state index in [2.05, 4.69) is 25.2 Å². The molecule has 0 radical (unpaired) electrons. The van der Waals surface area contributed by atoms with Crippen molar-refractivity contribution in [3.63, 3.8) is 0 Å². The summed E-state index contributed by atoms with van der Waals surface area (Å²) in [5.74, 6) is 1.07. The molecule has 0 aliphatic rings. The fourth-order valence-electron chi connectivity index (χ4n) is 1.73. The summed E-state index contributed by atoms with van der Waals surface area (Å²) in [6.45, 7) is 7.99. The minimum atomic E-state index is 0.159. The van der Waals surface area contributed by atoms with Crippen molar-refractivity contribution in [1.82, 2.24) is 5.32 Å². The quantitative estimate of drug-likeness (QED) is 0.746. The van der Waals surface area contributed by atoms with Crippen molar-refractivity contribution in [1.29, 1.82) is 0 Å². The van der Waals surface area contributed by atoms with E-state index in [9.17, 15) is 0 Å². The molecule has 18 heavy (non-hydrogen) atoms. The zero-order valence-corrected chi connectivity index (χ0v) is 11.6. The van der Waals surface area contributed by atoms with Gasteiger partial charge in [0, 0.05) is 24.1 Å². The van der Waals surface area contributed by atoms with Crippen molar-refractivity contribution < 1.29 is 9.84 Å². The van der Waals surface area contributed by atoms with Crippen molar-refractivity contribution in [3.05, 3.63) is 29.8 Å². The Bertz CT molecular complexity index is 341. The van der Waals surface area contributed by atoms with Crippen LogP contribution in [0.1, 0.15) is 38.8 Å². The van der Waals surface area contributed by atoms with E-state index in [0.29, 0.717) is 6.61 Å². The van der Waals surface area contributed by atoms with Gasteiger partial charge in [-0.3, -0.25) is 0 Å². The van der Waals surface area contributed by atoms with Crippen LogP contribution in [0.3, 0.4) is 0 Å². The monoisotopic (exact) mass is 251 g/mol. The minimum absolute atomic E-state index is 0.159. The van der Waals surface area contributed by atoms with Gasteiger partial charge in [0.15, 0.2) is 0 Å². The number of nitrogens with one attached hydrogen (secondary N) is 1. The maximum atomic E-state index is 9.02. The van der Waals surface area contributed by atoms with Gasteiger partial charge in [0.05, 0.1) is 6.61 Å². The molecule has 0 spiro atoms. The predicted molar refractivity (Wildman–Crippen MR) is 74.9 cm³/mol. The summed E-state index contributed by atoms with van der Waals surface area (Å²) < 4.78 is 5.79. The van der Waals surface area contributed by atoms with Crippen LogP contribution in [0.4, 0.5) is 0 Å². The Morgan fingerprint density at radius 1 is 1.28 bits per heavy atom. The van der Waals surface area contributed by atoms with E-state index in [0.717, 1.165) is 18.7 Å². The van der Waals surface area contributed by atoms with E-state index < -0.39 is 0 Å². The molecule has 102 valence electrons. The van der Waals surface area contributed by atoms with Crippen LogP contribution in [-0.4, -0.2) is 24.9 Å². The largest absolute Gasteiger partial charge is 0.493 e. The first-order valence-electron chi connectivity index (χ1n) is 6.75. The number of hydrogen-bond donors (Lipinski definition) is 2. The van der Waals surface area contributed by atoms with Crippen LogP contribution in [0.25, 0.3) is 0 Å². The minimum Gasteiger partial charge on any atom is -0.493 e. The van der Waals surface area contributed by atoms with E-state index in [4.69, 9.17) is 9.84 Å². The summed E-state index contributed by atoms with van der Waals surface area (Å²) in [4.78, 5) is 0. The highest BCUT2D eigenvalue weighted by Gasteiger charge is 2.11. The van der Waals surface area contributed by atoms with Crippen LogP contribution >= 0.6 is 0 Å². The molecular weight excluding hydrogens is 226 g/mol. The lowest BCUT2D eigenvalue weighted by atomic mass is 10.1. The molecule has 0 heterocycles. The van der Waals surface area contributed by atoms with Crippen LogP contribution in [-0.2, 0) is 0 Å². The molecule has 2 N–H and O–H groups in total. The number of aliphatic hydroxyl groups excluding tert-OH is 1. The second-order valence-corrected chi connectivity index (χ2v) is 4.81. The lowest BCUT2D eigenvalue weighted by Crippen LogP contribution is -2.20. The van der Waals surface area contributed by atoms with Crippen molar-refractivity contribution in [2.24, 2.45) is 5.92 Å². The number of rotatable bonds is 8. The molecule has 0 saturated carbocycles. The first kappa shape index (κ1) is 15.0. The first-order valence-corrected chi connectivity index (χ1v) is 6.75. The number of hydrogen-bond acceptors (Lipinski definition) is 3. The van der Waals surface area contributed by atoms with Gasteiger partial charge in [-0.15, -0.1) is 0 Å². The Balaban J connectivity index is 2.66. The average molecular weight is 251 g/mol. The van der Waals surface area contributed by atoms with Crippen LogP contribution in [0.2, 0.25) is 0 Å². The van der Waals surface area contributed by atoms with Gasteiger partial charge in [-0.1, -0.05) is 32.0 Å². The van der Waals surface area contributed by atoms with Crippen LogP contribution in [0.5, 0.6) is 5.75 Å². The molecule has 3 nitrogen and oxygen atoms in total. The Labute approximate surface area is 110 Å². The summed E-state index contributed by atoms with van der Waals surface area (Å²) in [5, 5.41) is 12.5. The van der Waals surface area contributed by atoms with Crippen molar-refractivity contribution in [3.8, 4) is 5.75 Å². The van der Waals surface area contributed by atoms with Gasteiger partial charge in [-0.2, -0.15) is 0 Å². The first-order chi connectivity index (χ1) is 8.69. The third-order valence-electron chi connectivity index (χ3n) is 2.92. The lowest BCUT2D eigenvalue weighted by molar-refractivity contribution is 0.173. The van der Waals surface area contributed by atoms with Gasteiger partial charge < -0.3 is 15.2 Å². The Hall–Kier alpha value is -1.06. The van der Waals surface area contributed by atoms with Gasteiger partial charge in [-0.25, -0.2) is 0 Å². The summed E-state index contributed by atoms with van der Waals surface area (Å²) >= 11 is 0. The Kier molecular flexibility index (Phi) is 6.76. The molecular formula is C15H25NO2. The SMILES string of the molecule is CCCNC(C)c1ccccc1OCC(C)CO. The standard InChI is InChI=1S/C15H25NO2/c1-4-9-16-13(3)14-7-5-6-8-15(14)18-11-12(2)10-17/h5-8,12-13,16-17H,4,9-11H2,1-3H3. The second kappa shape index (κ2) is 8.11. The summed E-state index contributed by atoms with van der Waals surface area (Å²) in [6.07, 6.45) is 1.12. The average Bonchev–Trinajstić information content (AvgIpc) is 2.42. The van der Waals surface area contributed by atoms with E-state index in [1.807, 2.05) is 25.1 Å². The molecule has 2 atom stereocenters. The normalized spacial score (nSPS) is 14.2. The van der Waals surface area contributed by atoms with Gasteiger partial charge in [0.25, 0.3) is 0 Å². The highest BCUT2D eigenvalue weighted by atomic mass is 16.5. The van der Waals surface area contributed by atoms with Crippen LogP contribution in [0, 0.1) is 5.92 Å². The molecule has 0 aliphatic carbocycles. The number of ether oxygens (including phenoxy) is 1. The molecule has 0 bridgehead atoms. The van der Waals surface area contributed by atoms with Crippen molar-refractivity contribution >= 4 is 0 Å². The molecule has 3 heteroatoms. The smallest absolute Gasteiger partial charge is 0.124 e. The molecule has 0 saturated heterocycles. The predicted octanol–water partition coefficient (Wildman–Crippen LogP) is 2.75. The Morgan fingerprint density at radius 2 is 2.00 bits per heavy atom. The third-order valence-corrected chi connectivity index (χ3v) is 2.92. The second-order valence-electron chi connectivity index (χ2n) is 4.81. The number of aliphatic hydroxyl groups is 1. The van der Waals surface area contributed by atoms with Gasteiger partial charge in [-0.05, 0) is 26.0 Å². The Morgan fingerprint density at radius 3 is 2.67 bits per heavy atom.